The first-order chi connectivity index (χ1) is 13.8. The fourth-order valence-electron chi connectivity index (χ4n) is 2.97. The first-order valence-electron chi connectivity index (χ1n) is 9.51. The number of rotatable bonds is 8. The topological polar surface area (TPSA) is 72.6 Å². The van der Waals surface area contributed by atoms with E-state index >= 15 is 0 Å². The SMILES string of the molecule is Cc1noc(C)c1COc1ccc(S(=O)(=O)N(CC(C)C)c2ccccc2)cc1. The van der Waals surface area contributed by atoms with E-state index in [0.29, 0.717) is 30.3 Å². The molecule has 0 aliphatic carbocycles. The Bertz CT molecular complexity index is 1020. The molecule has 2 aromatic carbocycles. The van der Waals surface area contributed by atoms with Gasteiger partial charge < -0.3 is 9.26 Å². The third-order valence-corrected chi connectivity index (χ3v) is 6.36. The molecule has 0 aliphatic heterocycles. The van der Waals surface area contributed by atoms with Crippen LogP contribution in [-0.4, -0.2) is 20.1 Å². The summed E-state index contributed by atoms with van der Waals surface area (Å²) in [6.45, 7) is 8.40. The smallest absolute Gasteiger partial charge is 0.264 e. The quantitative estimate of drug-likeness (QED) is 0.533. The van der Waals surface area contributed by atoms with Gasteiger partial charge in [0.05, 0.1) is 21.8 Å². The van der Waals surface area contributed by atoms with Gasteiger partial charge in [-0.2, -0.15) is 0 Å². The van der Waals surface area contributed by atoms with Gasteiger partial charge in [-0.1, -0.05) is 37.2 Å². The van der Waals surface area contributed by atoms with Crippen molar-refractivity contribution in [1.29, 1.82) is 0 Å². The molecule has 3 rings (SSSR count). The Morgan fingerprint density at radius 3 is 2.24 bits per heavy atom. The largest absolute Gasteiger partial charge is 0.489 e. The van der Waals surface area contributed by atoms with Gasteiger partial charge in [-0.25, -0.2) is 8.42 Å². The predicted molar refractivity (Wildman–Crippen MR) is 113 cm³/mol. The lowest BCUT2D eigenvalue weighted by Gasteiger charge is -2.26. The molecule has 154 valence electrons. The zero-order valence-electron chi connectivity index (χ0n) is 17.1. The summed E-state index contributed by atoms with van der Waals surface area (Å²) in [6.07, 6.45) is 0. The number of nitrogens with zero attached hydrogens (tertiary/aromatic N) is 2. The maximum atomic E-state index is 13.3. The van der Waals surface area contributed by atoms with Crippen molar-refractivity contribution in [2.24, 2.45) is 5.92 Å². The molecule has 0 amide bonds. The van der Waals surface area contributed by atoms with Gasteiger partial charge in [0.25, 0.3) is 10.0 Å². The third-order valence-electron chi connectivity index (χ3n) is 4.55. The molecule has 0 bridgehead atoms. The highest BCUT2D eigenvalue weighted by Gasteiger charge is 2.25. The molecule has 1 heterocycles. The summed E-state index contributed by atoms with van der Waals surface area (Å²) >= 11 is 0. The average molecular weight is 415 g/mol. The van der Waals surface area contributed by atoms with Crippen molar-refractivity contribution in [2.45, 2.75) is 39.2 Å². The van der Waals surface area contributed by atoms with Gasteiger partial charge >= 0.3 is 0 Å². The van der Waals surface area contributed by atoms with E-state index in [2.05, 4.69) is 5.16 Å². The van der Waals surface area contributed by atoms with Crippen molar-refractivity contribution >= 4 is 15.7 Å². The van der Waals surface area contributed by atoms with Crippen molar-refractivity contribution in [3.8, 4) is 5.75 Å². The van der Waals surface area contributed by atoms with Crippen LogP contribution in [0.25, 0.3) is 0 Å². The molecule has 0 radical (unpaired) electrons. The highest BCUT2D eigenvalue weighted by molar-refractivity contribution is 7.92. The van der Waals surface area contributed by atoms with E-state index in [9.17, 15) is 8.42 Å². The number of ether oxygens (including phenoxy) is 1. The van der Waals surface area contributed by atoms with Crippen molar-refractivity contribution in [3.05, 3.63) is 71.6 Å². The van der Waals surface area contributed by atoms with Crippen LogP contribution in [0.1, 0.15) is 30.9 Å². The Kier molecular flexibility index (Phi) is 6.27. The number of para-hydroxylation sites is 1. The first kappa shape index (κ1) is 20.9. The Balaban J connectivity index is 1.81. The molecule has 1 aromatic heterocycles. The van der Waals surface area contributed by atoms with E-state index in [1.54, 1.807) is 36.4 Å². The van der Waals surface area contributed by atoms with Crippen LogP contribution >= 0.6 is 0 Å². The minimum atomic E-state index is -3.68. The molecule has 0 saturated carbocycles. The van der Waals surface area contributed by atoms with Crippen molar-refractivity contribution < 1.29 is 17.7 Å². The molecular formula is C22H26N2O4S. The van der Waals surface area contributed by atoms with E-state index in [-0.39, 0.29) is 10.8 Å². The van der Waals surface area contributed by atoms with Crippen LogP contribution in [0.2, 0.25) is 0 Å². The van der Waals surface area contributed by atoms with Gasteiger partial charge in [-0.05, 0) is 56.2 Å². The second kappa shape index (κ2) is 8.69. The minimum Gasteiger partial charge on any atom is -0.489 e. The Labute approximate surface area is 172 Å². The van der Waals surface area contributed by atoms with Gasteiger partial charge in [-0.15, -0.1) is 0 Å². The highest BCUT2D eigenvalue weighted by Crippen LogP contribution is 2.26. The zero-order chi connectivity index (χ0) is 21.0. The molecule has 0 N–H and O–H groups in total. The van der Waals surface area contributed by atoms with E-state index in [4.69, 9.17) is 9.26 Å². The van der Waals surface area contributed by atoms with Gasteiger partial charge in [0.1, 0.15) is 18.1 Å². The van der Waals surface area contributed by atoms with Crippen LogP contribution in [0.15, 0.2) is 64.0 Å². The number of hydrogen-bond donors (Lipinski definition) is 0. The van der Waals surface area contributed by atoms with E-state index in [0.717, 1.165) is 11.3 Å². The monoisotopic (exact) mass is 414 g/mol. The first-order valence-corrected chi connectivity index (χ1v) is 11.0. The highest BCUT2D eigenvalue weighted by atomic mass is 32.2. The van der Waals surface area contributed by atoms with Crippen LogP contribution in [-0.2, 0) is 16.6 Å². The zero-order valence-corrected chi connectivity index (χ0v) is 17.9. The Hall–Kier alpha value is -2.80. The number of anilines is 1. The van der Waals surface area contributed by atoms with Crippen LogP contribution < -0.4 is 9.04 Å². The van der Waals surface area contributed by atoms with Crippen molar-refractivity contribution in [3.63, 3.8) is 0 Å². The summed E-state index contributed by atoms with van der Waals surface area (Å²) in [6, 6.07) is 15.7. The summed E-state index contributed by atoms with van der Waals surface area (Å²) in [5, 5.41) is 3.91. The molecule has 0 unspecified atom stereocenters. The third kappa shape index (κ3) is 4.79. The summed E-state index contributed by atoms with van der Waals surface area (Å²) in [7, 11) is -3.68. The second-order valence-electron chi connectivity index (χ2n) is 7.33. The molecule has 0 fully saturated rings. The average Bonchev–Trinajstić information content (AvgIpc) is 3.03. The molecule has 3 aromatic rings. The molecule has 0 spiro atoms. The molecule has 29 heavy (non-hydrogen) atoms. The normalized spacial score (nSPS) is 11.6. The fourth-order valence-corrected chi connectivity index (χ4v) is 4.59. The maximum absolute atomic E-state index is 13.3. The van der Waals surface area contributed by atoms with Gasteiger partial charge in [-0.3, -0.25) is 4.31 Å². The van der Waals surface area contributed by atoms with Crippen molar-refractivity contribution in [1.82, 2.24) is 5.16 Å². The second-order valence-corrected chi connectivity index (χ2v) is 9.19. The van der Waals surface area contributed by atoms with Crippen LogP contribution in [0.4, 0.5) is 5.69 Å². The Morgan fingerprint density at radius 1 is 1.03 bits per heavy atom. The minimum absolute atomic E-state index is 0.183. The molecule has 0 saturated heterocycles. The summed E-state index contributed by atoms with van der Waals surface area (Å²) in [5.41, 5.74) is 2.34. The molecular weight excluding hydrogens is 388 g/mol. The number of benzene rings is 2. The molecule has 0 atom stereocenters. The number of hydrogen-bond acceptors (Lipinski definition) is 5. The number of sulfonamides is 1. The lowest BCUT2D eigenvalue weighted by Crippen LogP contribution is -2.34. The Morgan fingerprint density at radius 2 is 1.69 bits per heavy atom. The maximum Gasteiger partial charge on any atom is 0.264 e. The molecule has 7 heteroatoms. The fraction of sp³-hybridized carbons (Fsp3) is 0.318. The molecule has 0 aliphatic rings. The van der Waals surface area contributed by atoms with Crippen molar-refractivity contribution in [2.75, 3.05) is 10.8 Å². The number of aryl methyl sites for hydroxylation is 2. The lowest BCUT2D eigenvalue weighted by molar-refractivity contribution is 0.301. The van der Waals surface area contributed by atoms with E-state index < -0.39 is 10.0 Å². The predicted octanol–water partition coefficient (Wildman–Crippen LogP) is 4.72. The van der Waals surface area contributed by atoms with Crippen LogP contribution in [0.5, 0.6) is 5.75 Å². The summed E-state index contributed by atoms with van der Waals surface area (Å²) in [4.78, 5) is 0.228. The molecule has 6 nitrogen and oxygen atoms in total. The van der Waals surface area contributed by atoms with Crippen LogP contribution in [0, 0.1) is 19.8 Å². The van der Waals surface area contributed by atoms with Crippen LogP contribution in [0.3, 0.4) is 0 Å². The summed E-state index contributed by atoms with van der Waals surface area (Å²) < 4.78 is 38.9. The van der Waals surface area contributed by atoms with E-state index in [1.165, 1.54) is 4.31 Å². The lowest BCUT2D eigenvalue weighted by atomic mass is 10.2. The van der Waals surface area contributed by atoms with Gasteiger partial charge in [0.15, 0.2) is 0 Å². The standard InChI is InChI=1S/C22H26N2O4S/c1-16(2)14-24(19-8-6-5-7-9-19)29(25,26)21-12-10-20(11-13-21)27-15-22-17(3)23-28-18(22)4/h5-13,16H,14-15H2,1-4H3. The summed E-state index contributed by atoms with van der Waals surface area (Å²) in [5.74, 6) is 1.48. The van der Waals surface area contributed by atoms with Gasteiger partial charge in [0, 0.05) is 6.54 Å². The van der Waals surface area contributed by atoms with Gasteiger partial charge in [0.2, 0.25) is 0 Å². The van der Waals surface area contributed by atoms with E-state index in [1.807, 2.05) is 45.9 Å². The number of aromatic nitrogens is 1.